The molecule has 270 valence electrons. The number of carbonyl (C=O) groups excluding carboxylic acids is 2. The number of guanidine groups is 1. The summed E-state index contributed by atoms with van der Waals surface area (Å²) in [5, 5.41) is 12.8. The number of hydrazine groups is 1. The molecule has 0 spiro atoms. The summed E-state index contributed by atoms with van der Waals surface area (Å²) < 4.78 is 0. The maximum absolute atomic E-state index is 13.0. The fourth-order valence-electron chi connectivity index (χ4n) is 6.03. The van der Waals surface area contributed by atoms with Gasteiger partial charge in [0.05, 0.1) is 0 Å². The third-order valence-electron chi connectivity index (χ3n) is 8.93. The third-order valence-corrected chi connectivity index (χ3v) is 8.93. The van der Waals surface area contributed by atoms with Gasteiger partial charge in [0, 0.05) is 31.8 Å². The number of nitrogens with one attached hydrogen (secondary N) is 2. The van der Waals surface area contributed by atoms with Gasteiger partial charge in [-0.1, -0.05) is 167 Å². The molecular formula is C37H73N5O4. The smallest absolute Gasteiger partial charge is 0.251 e. The lowest BCUT2D eigenvalue weighted by molar-refractivity contribution is -0.525. The highest BCUT2D eigenvalue weighted by Crippen LogP contribution is 2.17. The van der Waals surface area contributed by atoms with Crippen LogP contribution < -0.4 is 16.5 Å². The van der Waals surface area contributed by atoms with Crippen LogP contribution in [0.1, 0.15) is 200 Å². The minimum absolute atomic E-state index is 0.0684. The molecule has 0 aliphatic heterocycles. The van der Waals surface area contributed by atoms with Crippen LogP contribution in [0, 0.1) is 16.0 Å². The zero-order valence-corrected chi connectivity index (χ0v) is 30.1. The van der Waals surface area contributed by atoms with Crippen molar-refractivity contribution in [3.05, 3.63) is 10.1 Å². The predicted octanol–water partition coefficient (Wildman–Crippen LogP) is 9.74. The molecule has 0 saturated heterocycles. The molecule has 0 aromatic heterocycles. The normalized spacial score (nSPS) is 12.3. The minimum Gasteiger partial charge on any atom is -0.365 e. The van der Waals surface area contributed by atoms with Gasteiger partial charge in [0.15, 0.2) is 5.03 Å². The number of Topliss-reactive ketones (excluding diaryl/α,β-unsaturated/α-hetero) is 1. The van der Waals surface area contributed by atoms with Gasteiger partial charge in [-0.05, 0) is 25.7 Å². The van der Waals surface area contributed by atoms with E-state index < -0.39 is 11.0 Å². The van der Waals surface area contributed by atoms with Crippen LogP contribution in [-0.2, 0) is 9.59 Å². The third kappa shape index (κ3) is 31.8. The first-order chi connectivity index (χ1) is 22.4. The van der Waals surface area contributed by atoms with E-state index in [0.29, 0.717) is 25.8 Å². The molecule has 0 rings (SSSR count). The van der Waals surface area contributed by atoms with Crippen LogP contribution in [0.4, 0.5) is 0 Å². The Balaban J connectivity index is 4.21. The van der Waals surface area contributed by atoms with Gasteiger partial charge in [-0.15, -0.1) is 0 Å². The number of hydrogen-bond acceptors (Lipinski definition) is 5. The highest BCUT2D eigenvalue weighted by Gasteiger charge is 2.21. The standard InChI is InChI=1S/C37H73N5O4/c1-3-5-7-9-11-13-15-16-17-18-19-20-22-24-26-30-35(43)33-34(29-28-32-40-37(38)41-42(45)46)36(44)39-31-27-25-23-21-14-12-10-8-6-4-2/h34H,3-33H2,1-2H3,(H,39,44)(H3,38,40,41)/t34-/m0/s1. The molecule has 0 fully saturated rings. The Morgan fingerprint density at radius 2 is 1.07 bits per heavy atom. The average molecular weight is 652 g/mol. The second kappa shape index (κ2) is 34.2. The Kier molecular flexibility index (Phi) is 32.5. The van der Waals surface area contributed by atoms with Crippen molar-refractivity contribution in [1.82, 2.24) is 10.7 Å². The molecule has 0 aliphatic rings. The van der Waals surface area contributed by atoms with Gasteiger partial charge in [0.25, 0.3) is 5.96 Å². The number of nitro groups is 1. The van der Waals surface area contributed by atoms with E-state index in [1.165, 1.54) is 135 Å². The SMILES string of the molecule is CCCCCCCCCCCCCCCCCC(=O)C[C@H](CCCN=C(N)N[N+](=O)[O-])C(=O)NCCCCCCCCCCCC. The molecule has 9 nitrogen and oxygen atoms in total. The average Bonchev–Trinajstić information content (AvgIpc) is 3.02. The largest absolute Gasteiger partial charge is 0.365 e. The summed E-state index contributed by atoms with van der Waals surface area (Å²) in [6.45, 7) is 5.41. The van der Waals surface area contributed by atoms with E-state index in [4.69, 9.17) is 5.73 Å². The van der Waals surface area contributed by atoms with Crippen LogP contribution in [0.15, 0.2) is 4.99 Å². The topological polar surface area (TPSA) is 140 Å². The zero-order valence-electron chi connectivity index (χ0n) is 30.1. The molecule has 9 heteroatoms. The summed E-state index contributed by atoms with van der Waals surface area (Å²) in [7, 11) is 0. The highest BCUT2D eigenvalue weighted by molar-refractivity contribution is 5.86. The van der Waals surface area contributed by atoms with Gasteiger partial charge in [-0.3, -0.25) is 9.59 Å². The van der Waals surface area contributed by atoms with Crippen LogP contribution in [0.5, 0.6) is 0 Å². The van der Waals surface area contributed by atoms with Gasteiger partial charge in [0.1, 0.15) is 5.78 Å². The van der Waals surface area contributed by atoms with Crippen LogP contribution in [-0.4, -0.2) is 35.8 Å². The summed E-state index contributed by atoms with van der Waals surface area (Å²) in [6, 6.07) is 0. The number of nitrogens with zero attached hydrogens (tertiary/aromatic N) is 2. The molecular weight excluding hydrogens is 578 g/mol. The first kappa shape index (κ1) is 43.8. The van der Waals surface area contributed by atoms with E-state index in [0.717, 1.165) is 25.7 Å². The Labute approximate surface area is 282 Å². The lowest BCUT2D eigenvalue weighted by atomic mass is 9.93. The van der Waals surface area contributed by atoms with Crippen molar-refractivity contribution >= 4 is 17.6 Å². The summed E-state index contributed by atoms with van der Waals surface area (Å²) in [6.07, 6.45) is 33.6. The van der Waals surface area contributed by atoms with Crippen LogP contribution in [0.3, 0.4) is 0 Å². The van der Waals surface area contributed by atoms with Crippen molar-refractivity contribution in [2.45, 2.75) is 200 Å². The van der Waals surface area contributed by atoms with Crippen molar-refractivity contribution in [2.24, 2.45) is 16.6 Å². The fraction of sp³-hybridized carbons (Fsp3) is 0.919. The van der Waals surface area contributed by atoms with Crippen molar-refractivity contribution in [3.8, 4) is 0 Å². The summed E-state index contributed by atoms with van der Waals surface area (Å²) in [5.74, 6) is -0.573. The highest BCUT2D eigenvalue weighted by atomic mass is 16.7. The van der Waals surface area contributed by atoms with Gasteiger partial charge >= 0.3 is 0 Å². The molecule has 46 heavy (non-hydrogen) atoms. The molecule has 0 unspecified atom stereocenters. The Bertz CT molecular complexity index is 762. The molecule has 0 aromatic rings. The number of unbranched alkanes of at least 4 members (excludes halogenated alkanes) is 23. The quantitative estimate of drug-likeness (QED) is 0.0205. The van der Waals surface area contributed by atoms with E-state index >= 15 is 0 Å². The maximum atomic E-state index is 13.0. The maximum Gasteiger partial charge on any atom is 0.251 e. The molecule has 0 radical (unpaired) electrons. The second-order valence-electron chi connectivity index (χ2n) is 13.4. The summed E-state index contributed by atoms with van der Waals surface area (Å²) in [5.41, 5.74) is 7.32. The molecule has 0 heterocycles. The minimum atomic E-state index is -0.751. The van der Waals surface area contributed by atoms with Crippen molar-refractivity contribution in [1.29, 1.82) is 0 Å². The Morgan fingerprint density at radius 1 is 0.652 bits per heavy atom. The number of amides is 1. The van der Waals surface area contributed by atoms with Crippen LogP contribution >= 0.6 is 0 Å². The molecule has 0 aromatic carbocycles. The molecule has 4 N–H and O–H groups in total. The molecule has 1 amide bonds. The van der Waals surface area contributed by atoms with Crippen molar-refractivity contribution in [3.63, 3.8) is 0 Å². The molecule has 0 aliphatic carbocycles. The number of nitrogens with two attached hydrogens (primary N) is 1. The lowest BCUT2D eigenvalue weighted by Crippen LogP contribution is -2.36. The van der Waals surface area contributed by atoms with Gasteiger partial charge in [-0.25, -0.2) is 15.1 Å². The number of hydrogen-bond donors (Lipinski definition) is 3. The van der Waals surface area contributed by atoms with E-state index in [1.807, 2.05) is 5.43 Å². The van der Waals surface area contributed by atoms with Crippen LogP contribution in [0.2, 0.25) is 0 Å². The first-order valence-corrected chi connectivity index (χ1v) is 19.4. The number of carbonyl (C=O) groups is 2. The van der Waals surface area contributed by atoms with E-state index in [2.05, 4.69) is 24.2 Å². The zero-order chi connectivity index (χ0) is 33.9. The van der Waals surface area contributed by atoms with Gasteiger partial charge < -0.3 is 11.1 Å². The Hall–Kier alpha value is -2.19. The van der Waals surface area contributed by atoms with Gasteiger partial charge in [-0.2, -0.15) is 0 Å². The fourth-order valence-corrected chi connectivity index (χ4v) is 6.03. The lowest BCUT2D eigenvalue weighted by Gasteiger charge is -2.16. The first-order valence-electron chi connectivity index (χ1n) is 19.4. The monoisotopic (exact) mass is 652 g/mol. The van der Waals surface area contributed by atoms with Crippen molar-refractivity contribution in [2.75, 3.05) is 13.1 Å². The summed E-state index contributed by atoms with van der Waals surface area (Å²) >= 11 is 0. The predicted molar refractivity (Wildman–Crippen MR) is 193 cm³/mol. The van der Waals surface area contributed by atoms with E-state index in [9.17, 15) is 19.7 Å². The van der Waals surface area contributed by atoms with Crippen molar-refractivity contribution < 1.29 is 14.6 Å². The number of aliphatic imine (C=N–C) groups is 1. The van der Waals surface area contributed by atoms with E-state index in [-0.39, 0.29) is 30.6 Å². The molecule has 1 atom stereocenters. The molecule has 0 saturated carbocycles. The van der Waals surface area contributed by atoms with Gasteiger partial charge in [0.2, 0.25) is 5.91 Å². The summed E-state index contributed by atoms with van der Waals surface area (Å²) in [4.78, 5) is 40.3. The van der Waals surface area contributed by atoms with E-state index in [1.54, 1.807) is 0 Å². The molecule has 0 bridgehead atoms. The van der Waals surface area contributed by atoms with Crippen LogP contribution in [0.25, 0.3) is 0 Å². The Morgan fingerprint density at radius 3 is 1.50 bits per heavy atom. The number of rotatable bonds is 35. The number of ketones is 1. The second-order valence-corrected chi connectivity index (χ2v) is 13.4.